The van der Waals surface area contributed by atoms with Gasteiger partial charge in [0.05, 0.1) is 37.6 Å². The molecule has 14 nitrogen and oxygen atoms in total. The van der Waals surface area contributed by atoms with Crippen molar-refractivity contribution < 1.29 is 57.7 Å². The Kier molecular flexibility index (Phi) is 15.2. The maximum atomic E-state index is 14.4. The van der Waals surface area contributed by atoms with Crippen molar-refractivity contribution >= 4 is 11.9 Å². The molecule has 6 heterocycles. The molecule has 2 bridgehead atoms. The number of nitrogens with one attached hydrogen (secondary N) is 1. The van der Waals surface area contributed by atoms with Crippen molar-refractivity contribution in [2.24, 2.45) is 23.7 Å². The minimum atomic E-state index is -1.85. The van der Waals surface area contributed by atoms with Gasteiger partial charge in [-0.3, -0.25) is 14.5 Å². The highest BCUT2D eigenvalue weighted by atomic mass is 16.7. The van der Waals surface area contributed by atoms with Gasteiger partial charge < -0.3 is 53.4 Å². The molecule has 0 aromatic rings. The number of esters is 2. The SMILES string of the molecule is C=C/C1=C\C[C@@H]2C[C@@H](CC3(C=C[C@H](C)C([C@@H](C)CC)O3)O2)OC(=O)C2C=C(C)[C@@H](O)[C@H]3OC/C(=C\C=C\[C@H](C)[C@@H]1OC1CC(OC)C(OC(=O)CN4CCNCC4)C(C)O1)[C@@]23O. The fourth-order valence-corrected chi connectivity index (χ4v) is 10.3. The Balaban J connectivity index is 1.19. The van der Waals surface area contributed by atoms with Crippen LogP contribution in [0.4, 0.5) is 0 Å². The van der Waals surface area contributed by atoms with Gasteiger partial charge in [0.1, 0.15) is 35.9 Å². The number of fused-ring (bicyclic) bond motifs is 2. The van der Waals surface area contributed by atoms with Gasteiger partial charge in [0, 0.05) is 64.4 Å². The van der Waals surface area contributed by atoms with Crippen molar-refractivity contribution in [3.05, 3.63) is 71.9 Å². The Bertz CT molecular complexity index is 1770. The first-order valence-electron chi connectivity index (χ1n) is 22.8. The monoisotopic (exact) mass is 866 g/mol. The summed E-state index contributed by atoms with van der Waals surface area (Å²) in [6.07, 6.45) is 11.2. The predicted octanol–water partition coefficient (Wildman–Crippen LogP) is 4.46. The largest absolute Gasteiger partial charge is 0.462 e. The maximum Gasteiger partial charge on any atom is 0.320 e. The summed E-state index contributed by atoms with van der Waals surface area (Å²) in [7, 11) is 1.60. The molecule has 14 heteroatoms. The fraction of sp³-hybridized carbons (Fsp3) is 0.708. The lowest BCUT2D eigenvalue weighted by Gasteiger charge is -2.48. The van der Waals surface area contributed by atoms with Crippen LogP contribution in [0.15, 0.2) is 71.9 Å². The van der Waals surface area contributed by atoms with E-state index in [1.165, 1.54) is 0 Å². The van der Waals surface area contributed by atoms with E-state index in [1.54, 1.807) is 32.3 Å². The highest BCUT2D eigenvalue weighted by molar-refractivity contribution is 5.78. The van der Waals surface area contributed by atoms with Crippen molar-refractivity contribution in [1.29, 1.82) is 0 Å². The van der Waals surface area contributed by atoms with E-state index in [9.17, 15) is 19.8 Å². The van der Waals surface area contributed by atoms with Crippen LogP contribution in [0, 0.1) is 23.7 Å². The summed E-state index contributed by atoms with van der Waals surface area (Å²) < 4.78 is 51.5. The van der Waals surface area contributed by atoms with E-state index in [4.69, 9.17) is 37.9 Å². The van der Waals surface area contributed by atoms with Crippen molar-refractivity contribution in [1.82, 2.24) is 10.2 Å². The third kappa shape index (κ3) is 9.95. The number of carbonyl (C=O) groups excluding carboxylic acids is 2. The van der Waals surface area contributed by atoms with Crippen LogP contribution in [0.25, 0.3) is 0 Å². The van der Waals surface area contributed by atoms with E-state index in [1.807, 2.05) is 32.1 Å². The first-order chi connectivity index (χ1) is 29.7. The van der Waals surface area contributed by atoms with E-state index in [2.05, 4.69) is 49.7 Å². The average Bonchev–Trinajstić information content (AvgIpc) is 3.59. The number of nitrogens with zero attached hydrogens (tertiary/aromatic N) is 1. The van der Waals surface area contributed by atoms with Crippen LogP contribution < -0.4 is 5.32 Å². The van der Waals surface area contributed by atoms with Gasteiger partial charge >= 0.3 is 11.9 Å². The Morgan fingerprint density at radius 1 is 1.13 bits per heavy atom. The minimum absolute atomic E-state index is 0.0169. The average molecular weight is 867 g/mol. The zero-order valence-electron chi connectivity index (χ0n) is 37.6. The van der Waals surface area contributed by atoms with Crippen LogP contribution in [-0.4, -0.2) is 146 Å². The first-order valence-corrected chi connectivity index (χ1v) is 22.8. The predicted molar refractivity (Wildman–Crippen MR) is 230 cm³/mol. The lowest BCUT2D eigenvalue weighted by Crippen LogP contribution is -2.58. The number of carbonyl (C=O) groups is 2. The molecule has 6 aliphatic heterocycles. The van der Waals surface area contributed by atoms with Gasteiger partial charge in [0.15, 0.2) is 18.2 Å². The third-order valence-electron chi connectivity index (χ3n) is 14.1. The molecule has 1 spiro atoms. The number of aliphatic hydroxyl groups is 2. The molecule has 0 radical (unpaired) electrons. The third-order valence-corrected chi connectivity index (χ3v) is 14.1. The Hall–Kier alpha value is -3.02. The number of hydrogen-bond acceptors (Lipinski definition) is 14. The molecular formula is C48H70N2O12. The van der Waals surface area contributed by atoms with Crippen molar-refractivity contribution in [2.45, 2.75) is 146 Å². The Morgan fingerprint density at radius 3 is 2.63 bits per heavy atom. The number of allylic oxidation sites excluding steroid dienone is 2. The molecule has 62 heavy (non-hydrogen) atoms. The van der Waals surface area contributed by atoms with E-state index < -0.39 is 78.4 Å². The standard InChI is InChI=1S/C48H70N2O12/c1-9-28(3)42-30(5)16-17-47(62-42)25-36-23-35(61-47)15-14-33(10-2)43(60-40-24-38(55-8)44(32(7)57-40)59-39(51)26-50-20-18-49-19-21-50)29(4)12-11-13-34-27-56-45-41(52)31(6)22-37(46(53)58-36)48(34,45)54/h10-14,16-17,22,28-30,32,35-38,40-45,49,52,54H,2,9,15,18-21,23-27H2,1,3-8H3/b12-11+,33-14+,34-13+/t28-,29-,30-,32?,35+,36-,37?,38?,40?,41+,42?,43-,44?,45+,47?,48+/m0/s1. The maximum absolute atomic E-state index is 14.4. The number of aliphatic hydroxyl groups excluding tert-OH is 1. The summed E-state index contributed by atoms with van der Waals surface area (Å²) >= 11 is 0. The van der Waals surface area contributed by atoms with Crippen LogP contribution >= 0.6 is 0 Å². The van der Waals surface area contributed by atoms with Crippen LogP contribution in [0.5, 0.6) is 0 Å². The summed E-state index contributed by atoms with van der Waals surface area (Å²) in [6.45, 7) is 19.7. The molecule has 4 fully saturated rings. The second-order valence-corrected chi connectivity index (χ2v) is 18.5. The molecule has 7 aliphatic rings. The van der Waals surface area contributed by atoms with Crippen LogP contribution in [0.2, 0.25) is 0 Å². The molecule has 344 valence electrons. The number of ether oxygens (including phenoxy) is 8. The first kappa shape index (κ1) is 47.0. The second-order valence-electron chi connectivity index (χ2n) is 18.5. The summed E-state index contributed by atoms with van der Waals surface area (Å²) in [6, 6.07) is 0. The molecule has 7 unspecified atom stereocenters. The minimum Gasteiger partial charge on any atom is -0.462 e. The van der Waals surface area contributed by atoms with Gasteiger partial charge in [-0.05, 0) is 49.0 Å². The highest BCUT2D eigenvalue weighted by Crippen LogP contribution is 2.47. The van der Waals surface area contributed by atoms with Gasteiger partial charge in [0.25, 0.3) is 0 Å². The zero-order valence-corrected chi connectivity index (χ0v) is 37.6. The Labute approximate surface area is 367 Å². The second kappa shape index (κ2) is 20.0. The molecule has 3 N–H and O–H groups in total. The number of methoxy groups -OCH3 is 1. The Morgan fingerprint density at radius 2 is 1.90 bits per heavy atom. The van der Waals surface area contributed by atoms with Crippen LogP contribution in [0.1, 0.15) is 73.6 Å². The van der Waals surface area contributed by atoms with Gasteiger partial charge in [-0.2, -0.15) is 0 Å². The molecular weight excluding hydrogens is 797 g/mol. The molecule has 7 rings (SSSR count). The quantitative estimate of drug-likeness (QED) is 0.220. The molecule has 16 atom stereocenters. The van der Waals surface area contributed by atoms with Crippen molar-refractivity contribution in [3.63, 3.8) is 0 Å². The van der Waals surface area contributed by atoms with Crippen molar-refractivity contribution in [3.8, 4) is 0 Å². The van der Waals surface area contributed by atoms with Gasteiger partial charge in [-0.1, -0.05) is 83.2 Å². The highest BCUT2D eigenvalue weighted by Gasteiger charge is 2.60. The smallest absolute Gasteiger partial charge is 0.320 e. The topological polar surface area (TPSA) is 164 Å². The molecule has 0 amide bonds. The van der Waals surface area contributed by atoms with E-state index >= 15 is 0 Å². The molecule has 0 aromatic carbocycles. The zero-order chi connectivity index (χ0) is 44.3. The number of rotatable bonds is 9. The lowest BCUT2D eigenvalue weighted by molar-refractivity contribution is -0.300. The van der Waals surface area contributed by atoms with Gasteiger partial charge in [-0.15, -0.1) is 0 Å². The van der Waals surface area contributed by atoms with Crippen molar-refractivity contribution in [2.75, 3.05) is 46.4 Å². The number of piperazine rings is 1. The number of hydrogen-bond donors (Lipinski definition) is 3. The molecule has 0 saturated carbocycles. The van der Waals surface area contributed by atoms with E-state index in [0.717, 1.165) is 38.2 Å². The molecule has 0 aromatic heterocycles. The van der Waals surface area contributed by atoms with Crippen LogP contribution in [-0.2, 0) is 47.5 Å². The molecule has 4 saturated heterocycles. The summed E-state index contributed by atoms with van der Waals surface area (Å²) in [5.41, 5.74) is -0.0628. The van der Waals surface area contributed by atoms with Gasteiger partial charge in [-0.25, -0.2) is 0 Å². The van der Waals surface area contributed by atoms with Crippen LogP contribution in [0.3, 0.4) is 0 Å². The summed E-state index contributed by atoms with van der Waals surface area (Å²) in [5.74, 6) is -3.03. The van der Waals surface area contributed by atoms with E-state index in [0.29, 0.717) is 30.4 Å². The molecule has 1 aliphatic carbocycles. The van der Waals surface area contributed by atoms with E-state index in [-0.39, 0.29) is 49.4 Å². The van der Waals surface area contributed by atoms with Gasteiger partial charge in [0.2, 0.25) is 0 Å². The summed E-state index contributed by atoms with van der Waals surface area (Å²) in [5, 5.41) is 27.0. The lowest BCUT2D eigenvalue weighted by atomic mass is 9.71. The summed E-state index contributed by atoms with van der Waals surface area (Å²) in [4.78, 5) is 29.5. The normalized spacial score (nSPS) is 44.4. The fourth-order valence-electron chi connectivity index (χ4n) is 10.3.